The second-order valence-corrected chi connectivity index (χ2v) is 3.99. The summed E-state index contributed by atoms with van der Waals surface area (Å²) in [4.78, 5) is 3.93. The number of rotatable bonds is 3. The van der Waals surface area contributed by atoms with Gasteiger partial charge in [-0.1, -0.05) is 38.1 Å². The van der Waals surface area contributed by atoms with Crippen molar-refractivity contribution < 1.29 is 0 Å². The number of nitrogens with zero attached hydrogens (tertiary/aromatic N) is 3. The van der Waals surface area contributed by atoms with Crippen molar-refractivity contribution in [1.29, 1.82) is 0 Å². The van der Waals surface area contributed by atoms with E-state index < -0.39 is 0 Å². The monoisotopic (exact) mass is 201 g/mol. The van der Waals surface area contributed by atoms with E-state index in [-0.39, 0.29) is 0 Å². The fourth-order valence-electron chi connectivity index (χ4n) is 1.55. The highest BCUT2D eigenvalue weighted by atomic mass is 15.3. The minimum Gasteiger partial charge on any atom is -0.249 e. The molecule has 2 rings (SSSR count). The van der Waals surface area contributed by atoms with Gasteiger partial charge in [0.15, 0.2) is 0 Å². The van der Waals surface area contributed by atoms with Gasteiger partial charge in [0.1, 0.15) is 12.7 Å². The smallest absolute Gasteiger partial charge is 0.137 e. The van der Waals surface area contributed by atoms with Crippen LogP contribution in [-0.4, -0.2) is 14.8 Å². The molecule has 2 aromatic rings. The molecule has 0 saturated carbocycles. The Morgan fingerprint density at radius 3 is 2.87 bits per heavy atom. The van der Waals surface area contributed by atoms with Gasteiger partial charge in [0, 0.05) is 0 Å². The molecule has 0 aliphatic heterocycles. The largest absolute Gasteiger partial charge is 0.249 e. The summed E-state index contributed by atoms with van der Waals surface area (Å²) in [5, 5.41) is 4.09. The van der Waals surface area contributed by atoms with E-state index in [1.165, 1.54) is 11.1 Å². The molecule has 0 radical (unpaired) electrons. The summed E-state index contributed by atoms with van der Waals surface area (Å²) in [5.41, 5.74) is 2.64. The molecule has 1 aromatic carbocycles. The Morgan fingerprint density at radius 1 is 1.33 bits per heavy atom. The zero-order valence-corrected chi connectivity index (χ0v) is 9.09. The van der Waals surface area contributed by atoms with E-state index in [0.717, 1.165) is 6.54 Å². The van der Waals surface area contributed by atoms with Gasteiger partial charge in [-0.2, -0.15) is 5.10 Å². The first-order chi connectivity index (χ1) is 7.25. The van der Waals surface area contributed by atoms with E-state index in [4.69, 9.17) is 0 Å². The minimum atomic E-state index is 0.570. The maximum atomic E-state index is 4.09. The SMILES string of the molecule is CC(C)c1cccc(Cn2cncn2)c1. The summed E-state index contributed by atoms with van der Waals surface area (Å²) < 4.78 is 1.83. The molecular formula is C12H15N3. The Kier molecular flexibility index (Phi) is 2.81. The highest BCUT2D eigenvalue weighted by molar-refractivity contribution is 5.25. The first kappa shape index (κ1) is 9.90. The van der Waals surface area contributed by atoms with Crippen LogP contribution in [0.2, 0.25) is 0 Å². The molecule has 15 heavy (non-hydrogen) atoms. The lowest BCUT2D eigenvalue weighted by atomic mass is 10.0. The van der Waals surface area contributed by atoms with Crippen LogP contribution in [0.3, 0.4) is 0 Å². The maximum Gasteiger partial charge on any atom is 0.137 e. The Labute approximate surface area is 89.8 Å². The average Bonchev–Trinajstić information content (AvgIpc) is 2.71. The second kappa shape index (κ2) is 4.26. The molecule has 0 spiro atoms. The van der Waals surface area contributed by atoms with Crippen LogP contribution in [0.1, 0.15) is 30.9 Å². The number of hydrogen-bond donors (Lipinski definition) is 0. The van der Waals surface area contributed by atoms with Gasteiger partial charge in [0.05, 0.1) is 6.54 Å². The third-order valence-corrected chi connectivity index (χ3v) is 2.43. The molecule has 0 fully saturated rings. The van der Waals surface area contributed by atoms with Crippen molar-refractivity contribution in [2.24, 2.45) is 0 Å². The van der Waals surface area contributed by atoms with E-state index >= 15 is 0 Å². The van der Waals surface area contributed by atoms with Gasteiger partial charge in [-0.3, -0.25) is 0 Å². The van der Waals surface area contributed by atoms with Gasteiger partial charge in [0.25, 0.3) is 0 Å². The van der Waals surface area contributed by atoms with Gasteiger partial charge < -0.3 is 0 Å². The van der Waals surface area contributed by atoms with Crippen molar-refractivity contribution in [3.8, 4) is 0 Å². The van der Waals surface area contributed by atoms with Gasteiger partial charge in [-0.15, -0.1) is 0 Å². The van der Waals surface area contributed by atoms with Crippen LogP contribution in [0.15, 0.2) is 36.9 Å². The lowest BCUT2D eigenvalue weighted by molar-refractivity contribution is 0.683. The Balaban J connectivity index is 2.18. The molecular weight excluding hydrogens is 186 g/mol. The maximum absolute atomic E-state index is 4.09. The van der Waals surface area contributed by atoms with E-state index in [9.17, 15) is 0 Å². The van der Waals surface area contributed by atoms with Crippen LogP contribution >= 0.6 is 0 Å². The number of benzene rings is 1. The summed E-state index contributed by atoms with van der Waals surface area (Å²) >= 11 is 0. The van der Waals surface area contributed by atoms with Crippen molar-refractivity contribution in [3.63, 3.8) is 0 Å². The predicted molar refractivity (Wildman–Crippen MR) is 59.7 cm³/mol. The topological polar surface area (TPSA) is 30.7 Å². The summed E-state index contributed by atoms with van der Waals surface area (Å²) in [6.45, 7) is 5.20. The first-order valence-electron chi connectivity index (χ1n) is 5.17. The molecule has 3 nitrogen and oxygen atoms in total. The summed E-state index contributed by atoms with van der Waals surface area (Å²) in [5.74, 6) is 0.570. The molecule has 1 heterocycles. The molecule has 3 heteroatoms. The van der Waals surface area contributed by atoms with E-state index in [1.54, 1.807) is 12.7 Å². The summed E-state index contributed by atoms with van der Waals surface area (Å²) in [6, 6.07) is 8.61. The minimum absolute atomic E-state index is 0.570. The Bertz CT molecular complexity index is 418. The molecule has 0 unspecified atom stereocenters. The average molecular weight is 201 g/mol. The van der Waals surface area contributed by atoms with Gasteiger partial charge in [-0.05, 0) is 17.0 Å². The van der Waals surface area contributed by atoms with Crippen LogP contribution in [0, 0.1) is 0 Å². The highest BCUT2D eigenvalue weighted by Crippen LogP contribution is 2.15. The van der Waals surface area contributed by atoms with Crippen molar-refractivity contribution in [3.05, 3.63) is 48.0 Å². The van der Waals surface area contributed by atoms with Gasteiger partial charge >= 0.3 is 0 Å². The number of hydrogen-bond acceptors (Lipinski definition) is 2. The molecule has 0 saturated heterocycles. The molecule has 0 aliphatic rings. The summed E-state index contributed by atoms with van der Waals surface area (Å²) in [7, 11) is 0. The van der Waals surface area contributed by atoms with Crippen molar-refractivity contribution >= 4 is 0 Å². The van der Waals surface area contributed by atoms with Crippen LogP contribution in [0.5, 0.6) is 0 Å². The molecule has 0 atom stereocenters. The highest BCUT2D eigenvalue weighted by Gasteiger charge is 2.00. The predicted octanol–water partition coefficient (Wildman–Crippen LogP) is 2.45. The van der Waals surface area contributed by atoms with Crippen LogP contribution in [0.4, 0.5) is 0 Å². The van der Waals surface area contributed by atoms with Crippen LogP contribution in [0.25, 0.3) is 0 Å². The van der Waals surface area contributed by atoms with Crippen molar-refractivity contribution in [1.82, 2.24) is 14.8 Å². The third-order valence-electron chi connectivity index (χ3n) is 2.43. The van der Waals surface area contributed by atoms with Gasteiger partial charge in [-0.25, -0.2) is 9.67 Å². The van der Waals surface area contributed by atoms with Gasteiger partial charge in [0.2, 0.25) is 0 Å². The zero-order chi connectivity index (χ0) is 10.7. The van der Waals surface area contributed by atoms with E-state index in [2.05, 4.69) is 48.2 Å². The molecule has 0 aliphatic carbocycles. The standard InChI is InChI=1S/C12H15N3/c1-10(2)12-5-3-4-11(6-12)7-15-9-13-8-14-15/h3-6,8-10H,7H2,1-2H3. The molecule has 0 N–H and O–H groups in total. The fourth-order valence-corrected chi connectivity index (χ4v) is 1.55. The normalized spacial score (nSPS) is 10.9. The van der Waals surface area contributed by atoms with Crippen molar-refractivity contribution in [2.75, 3.05) is 0 Å². The molecule has 0 bridgehead atoms. The van der Waals surface area contributed by atoms with Crippen LogP contribution < -0.4 is 0 Å². The summed E-state index contributed by atoms with van der Waals surface area (Å²) in [6.07, 6.45) is 3.30. The number of aromatic nitrogens is 3. The fraction of sp³-hybridized carbons (Fsp3) is 0.333. The Hall–Kier alpha value is -1.64. The second-order valence-electron chi connectivity index (χ2n) is 3.99. The van der Waals surface area contributed by atoms with E-state index in [1.807, 2.05) is 4.68 Å². The first-order valence-corrected chi connectivity index (χ1v) is 5.17. The molecule has 0 amide bonds. The molecule has 78 valence electrons. The molecule has 1 aromatic heterocycles. The van der Waals surface area contributed by atoms with E-state index in [0.29, 0.717) is 5.92 Å². The quantitative estimate of drug-likeness (QED) is 0.763. The third kappa shape index (κ3) is 2.43. The van der Waals surface area contributed by atoms with Crippen molar-refractivity contribution in [2.45, 2.75) is 26.3 Å². The lowest BCUT2D eigenvalue weighted by Gasteiger charge is -2.07. The zero-order valence-electron chi connectivity index (χ0n) is 9.09. The Morgan fingerprint density at radius 2 is 2.20 bits per heavy atom. The van der Waals surface area contributed by atoms with Crippen LogP contribution in [-0.2, 0) is 6.54 Å². The lowest BCUT2D eigenvalue weighted by Crippen LogP contribution is -2.00.